The smallest absolute Gasteiger partial charge is 0.156 e. The summed E-state index contributed by atoms with van der Waals surface area (Å²) in [6.07, 6.45) is 11.7. The maximum atomic E-state index is 5.12. The van der Waals surface area contributed by atoms with Crippen LogP contribution in [0.1, 0.15) is 38.5 Å². The fourth-order valence-corrected chi connectivity index (χ4v) is 1.74. The van der Waals surface area contributed by atoms with Crippen LogP contribution >= 0.6 is 22.6 Å². The Morgan fingerprint density at radius 3 is 2.27 bits per heavy atom. The number of alkyl halides is 1. The Bertz CT molecular complexity index is 145. The standard InChI is InChI=1S/C12H23IO2/c1-14-12(15-2)10-8-6-4-3-5-7-9-11-13/h5,7,12H,3-4,6,8-11H2,1-2H3/b7-5+. The summed E-state index contributed by atoms with van der Waals surface area (Å²) in [6.45, 7) is 0. The second-order valence-corrected chi connectivity index (χ2v) is 4.57. The topological polar surface area (TPSA) is 18.5 Å². The van der Waals surface area contributed by atoms with Crippen molar-refractivity contribution in [1.29, 1.82) is 0 Å². The average Bonchev–Trinajstić information content (AvgIpc) is 2.27. The van der Waals surface area contributed by atoms with Crippen molar-refractivity contribution in [3.8, 4) is 0 Å². The molecule has 0 N–H and O–H groups in total. The second kappa shape index (κ2) is 12.5. The molecule has 0 amide bonds. The maximum absolute atomic E-state index is 5.12. The molecule has 0 aliphatic rings. The van der Waals surface area contributed by atoms with Crippen LogP contribution in [0.4, 0.5) is 0 Å². The fraction of sp³-hybridized carbons (Fsp3) is 0.833. The minimum Gasteiger partial charge on any atom is -0.356 e. The highest BCUT2D eigenvalue weighted by molar-refractivity contribution is 14.1. The molecule has 0 aromatic carbocycles. The SMILES string of the molecule is COC(CCCCC/C=C/CCI)OC. The van der Waals surface area contributed by atoms with Gasteiger partial charge in [-0.05, 0) is 32.1 Å². The van der Waals surface area contributed by atoms with Crippen molar-refractivity contribution < 1.29 is 9.47 Å². The molecule has 0 heterocycles. The number of rotatable bonds is 10. The van der Waals surface area contributed by atoms with E-state index in [2.05, 4.69) is 34.7 Å². The molecule has 0 radical (unpaired) electrons. The van der Waals surface area contributed by atoms with Gasteiger partial charge in [0.05, 0.1) is 0 Å². The lowest BCUT2D eigenvalue weighted by atomic mass is 10.1. The molecule has 0 aromatic rings. The molecule has 0 aliphatic heterocycles. The molecule has 0 atom stereocenters. The molecule has 0 aliphatic carbocycles. The van der Waals surface area contributed by atoms with Gasteiger partial charge in [0, 0.05) is 18.6 Å². The number of allylic oxidation sites excluding steroid dienone is 2. The van der Waals surface area contributed by atoms with E-state index in [1.807, 2.05) is 0 Å². The first-order valence-electron chi connectivity index (χ1n) is 5.61. The molecule has 0 unspecified atom stereocenters. The van der Waals surface area contributed by atoms with Crippen LogP contribution in [0.5, 0.6) is 0 Å². The Labute approximate surface area is 108 Å². The van der Waals surface area contributed by atoms with E-state index in [-0.39, 0.29) is 6.29 Å². The lowest BCUT2D eigenvalue weighted by molar-refractivity contribution is -0.107. The molecular formula is C12H23IO2. The predicted octanol–water partition coefficient (Wildman–Crippen LogP) is 3.94. The lowest BCUT2D eigenvalue weighted by Gasteiger charge is -2.12. The zero-order chi connectivity index (χ0) is 11.4. The number of hydrogen-bond donors (Lipinski definition) is 0. The monoisotopic (exact) mass is 326 g/mol. The van der Waals surface area contributed by atoms with Crippen molar-refractivity contribution in [2.24, 2.45) is 0 Å². The van der Waals surface area contributed by atoms with Crippen molar-refractivity contribution in [2.45, 2.75) is 44.8 Å². The number of unbranched alkanes of at least 4 members (excludes halogenated alkanes) is 3. The number of ether oxygens (including phenoxy) is 2. The van der Waals surface area contributed by atoms with Crippen molar-refractivity contribution in [2.75, 3.05) is 18.6 Å². The van der Waals surface area contributed by atoms with Gasteiger partial charge in [0.25, 0.3) is 0 Å². The average molecular weight is 326 g/mol. The van der Waals surface area contributed by atoms with Gasteiger partial charge in [-0.3, -0.25) is 0 Å². The molecule has 0 fully saturated rings. The summed E-state index contributed by atoms with van der Waals surface area (Å²) in [4.78, 5) is 0. The summed E-state index contributed by atoms with van der Waals surface area (Å²) in [5, 5.41) is 0. The normalized spacial score (nSPS) is 11.7. The van der Waals surface area contributed by atoms with Crippen LogP contribution in [0, 0.1) is 0 Å². The van der Waals surface area contributed by atoms with Crippen LogP contribution in [0.3, 0.4) is 0 Å². The van der Waals surface area contributed by atoms with E-state index < -0.39 is 0 Å². The summed E-state index contributed by atoms with van der Waals surface area (Å²) in [7, 11) is 3.39. The van der Waals surface area contributed by atoms with Gasteiger partial charge in [0.1, 0.15) is 0 Å². The van der Waals surface area contributed by atoms with E-state index in [9.17, 15) is 0 Å². The van der Waals surface area contributed by atoms with Crippen LogP contribution in [0.15, 0.2) is 12.2 Å². The quantitative estimate of drug-likeness (QED) is 0.199. The largest absolute Gasteiger partial charge is 0.356 e. The highest BCUT2D eigenvalue weighted by atomic mass is 127. The third kappa shape index (κ3) is 10.7. The summed E-state index contributed by atoms with van der Waals surface area (Å²) in [6, 6.07) is 0. The summed E-state index contributed by atoms with van der Waals surface area (Å²) in [5.74, 6) is 0. The Morgan fingerprint density at radius 1 is 1.00 bits per heavy atom. The van der Waals surface area contributed by atoms with Crippen LogP contribution in [-0.2, 0) is 9.47 Å². The lowest BCUT2D eigenvalue weighted by Crippen LogP contribution is -2.12. The van der Waals surface area contributed by atoms with E-state index in [4.69, 9.17) is 9.47 Å². The molecule has 3 heteroatoms. The minimum absolute atomic E-state index is 0.0143. The van der Waals surface area contributed by atoms with Gasteiger partial charge in [-0.2, -0.15) is 0 Å². The van der Waals surface area contributed by atoms with Gasteiger partial charge in [0.2, 0.25) is 0 Å². The molecule has 0 saturated carbocycles. The van der Waals surface area contributed by atoms with Crippen LogP contribution < -0.4 is 0 Å². The zero-order valence-corrected chi connectivity index (χ0v) is 12.0. The van der Waals surface area contributed by atoms with E-state index in [0.29, 0.717) is 0 Å². The van der Waals surface area contributed by atoms with Crippen molar-refractivity contribution in [3.63, 3.8) is 0 Å². The van der Waals surface area contributed by atoms with Crippen LogP contribution in [0.25, 0.3) is 0 Å². The highest BCUT2D eigenvalue weighted by Crippen LogP contribution is 2.08. The molecule has 0 spiro atoms. The van der Waals surface area contributed by atoms with Crippen molar-refractivity contribution in [1.82, 2.24) is 0 Å². The molecule has 0 rings (SSSR count). The highest BCUT2D eigenvalue weighted by Gasteiger charge is 2.02. The van der Waals surface area contributed by atoms with E-state index in [1.54, 1.807) is 14.2 Å². The van der Waals surface area contributed by atoms with Gasteiger partial charge >= 0.3 is 0 Å². The Kier molecular flexibility index (Phi) is 12.8. The molecule has 0 saturated heterocycles. The Hall–Kier alpha value is 0.390. The van der Waals surface area contributed by atoms with E-state index >= 15 is 0 Å². The zero-order valence-electron chi connectivity index (χ0n) is 9.88. The summed E-state index contributed by atoms with van der Waals surface area (Å²) >= 11 is 2.40. The summed E-state index contributed by atoms with van der Waals surface area (Å²) < 4.78 is 11.5. The third-order valence-electron chi connectivity index (χ3n) is 2.28. The van der Waals surface area contributed by atoms with Gasteiger partial charge in [-0.15, -0.1) is 0 Å². The summed E-state index contributed by atoms with van der Waals surface area (Å²) in [5.41, 5.74) is 0. The Morgan fingerprint density at radius 2 is 1.67 bits per heavy atom. The Balaban J connectivity index is 3.17. The van der Waals surface area contributed by atoms with Crippen molar-refractivity contribution >= 4 is 22.6 Å². The first-order chi connectivity index (χ1) is 7.35. The van der Waals surface area contributed by atoms with Gasteiger partial charge in [0.15, 0.2) is 6.29 Å². The predicted molar refractivity (Wildman–Crippen MR) is 73.5 cm³/mol. The second-order valence-electron chi connectivity index (χ2n) is 3.49. The molecule has 15 heavy (non-hydrogen) atoms. The van der Waals surface area contributed by atoms with E-state index in [0.717, 1.165) is 6.42 Å². The molecule has 0 aromatic heterocycles. The van der Waals surface area contributed by atoms with Crippen molar-refractivity contribution in [3.05, 3.63) is 12.2 Å². The molecule has 90 valence electrons. The first-order valence-corrected chi connectivity index (χ1v) is 7.14. The fourth-order valence-electron chi connectivity index (χ4n) is 1.38. The first kappa shape index (κ1) is 15.4. The number of hydrogen-bond acceptors (Lipinski definition) is 2. The van der Waals surface area contributed by atoms with Gasteiger partial charge < -0.3 is 9.47 Å². The van der Waals surface area contributed by atoms with Crippen LogP contribution in [-0.4, -0.2) is 24.9 Å². The van der Waals surface area contributed by atoms with Gasteiger partial charge in [-0.25, -0.2) is 0 Å². The molecule has 0 bridgehead atoms. The third-order valence-corrected chi connectivity index (χ3v) is 2.90. The molecule has 2 nitrogen and oxygen atoms in total. The number of methoxy groups -OCH3 is 2. The minimum atomic E-state index is -0.0143. The number of halogens is 1. The van der Waals surface area contributed by atoms with Crippen LogP contribution in [0.2, 0.25) is 0 Å². The van der Waals surface area contributed by atoms with E-state index in [1.165, 1.54) is 36.5 Å². The van der Waals surface area contributed by atoms with Gasteiger partial charge in [-0.1, -0.05) is 41.2 Å². The maximum Gasteiger partial charge on any atom is 0.156 e. The molecular weight excluding hydrogens is 303 g/mol.